The van der Waals surface area contributed by atoms with Crippen LogP contribution in [0.5, 0.6) is 0 Å². The van der Waals surface area contributed by atoms with E-state index in [-0.39, 0.29) is 23.2 Å². The maximum Gasteiger partial charge on any atom is 0.272 e. The molecule has 4 aromatic carbocycles. The van der Waals surface area contributed by atoms with Gasteiger partial charge in [-0.1, -0.05) is 42.5 Å². The van der Waals surface area contributed by atoms with E-state index in [1.165, 1.54) is 36.0 Å². The Balaban J connectivity index is 1.30. The number of carbonyl (C=O) groups excluding carboxylic acids is 3. The number of nitrogens with one attached hydrogen (secondary N) is 4. The molecule has 7 nitrogen and oxygen atoms in total. The summed E-state index contributed by atoms with van der Waals surface area (Å²) in [7, 11) is 0. The van der Waals surface area contributed by atoms with E-state index in [4.69, 9.17) is 0 Å². The van der Waals surface area contributed by atoms with Gasteiger partial charge in [-0.2, -0.15) is 0 Å². The number of amides is 3. The van der Waals surface area contributed by atoms with Crippen LogP contribution >= 0.6 is 11.8 Å². The van der Waals surface area contributed by atoms with Gasteiger partial charge in [0, 0.05) is 44.5 Å². The lowest BCUT2D eigenvalue weighted by Gasteiger charge is -2.12. The standard InChI is InChI=1S/C32H25FN4O3S/c33-23-13-15-24(16-14-23)35-30(38)20-41-26-10-6-9-25(18-26)36-32(40)29(37-31(39)21-7-2-1-3-8-21)17-22-19-34-28-12-5-4-11-27(22)28/h1-19,34H,20H2,(H,35,38)(H,36,40)(H,37,39)/b29-17-. The molecule has 9 heteroatoms. The number of carbonyl (C=O) groups is 3. The quantitative estimate of drug-likeness (QED) is 0.122. The van der Waals surface area contributed by atoms with E-state index in [0.717, 1.165) is 21.4 Å². The van der Waals surface area contributed by atoms with Crippen molar-refractivity contribution < 1.29 is 18.8 Å². The maximum atomic E-state index is 13.4. The van der Waals surface area contributed by atoms with Crippen LogP contribution in [0.3, 0.4) is 0 Å². The molecule has 1 heterocycles. The number of para-hydroxylation sites is 1. The lowest BCUT2D eigenvalue weighted by molar-refractivity contribution is -0.114. The predicted octanol–water partition coefficient (Wildman–Crippen LogP) is 6.45. The van der Waals surface area contributed by atoms with Crippen molar-refractivity contribution in [1.29, 1.82) is 0 Å². The largest absolute Gasteiger partial charge is 0.361 e. The summed E-state index contributed by atoms with van der Waals surface area (Å²) in [5.41, 5.74) is 3.14. The van der Waals surface area contributed by atoms with Crippen LogP contribution in [0.1, 0.15) is 15.9 Å². The highest BCUT2D eigenvalue weighted by Crippen LogP contribution is 2.24. The van der Waals surface area contributed by atoms with Gasteiger partial charge >= 0.3 is 0 Å². The van der Waals surface area contributed by atoms with Gasteiger partial charge in [-0.05, 0) is 66.7 Å². The molecule has 0 bridgehead atoms. The van der Waals surface area contributed by atoms with Gasteiger partial charge in [-0.25, -0.2) is 4.39 Å². The Kier molecular flexibility index (Phi) is 8.56. The highest BCUT2D eigenvalue weighted by Gasteiger charge is 2.16. The number of hydrogen-bond donors (Lipinski definition) is 4. The van der Waals surface area contributed by atoms with Gasteiger partial charge in [0.25, 0.3) is 11.8 Å². The zero-order valence-corrected chi connectivity index (χ0v) is 22.5. The molecule has 0 aliphatic carbocycles. The van der Waals surface area contributed by atoms with Crippen LogP contribution in [0.4, 0.5) is 15.8 Å². The van der Waals surface area contributed by atoms with Gasteiger partial charge in [-0.15, -0.1) is 11.8 Å². The molecule has 204 valence electrons. The summed E-state index contributed by atoms with van der Waals surface area (Å²) in [6.45, 7) is 0. The van der Waals surface area contributed by atoms with Crippen LogP contribution in [-0.2, 0) is 9.59 Å². The molecule has 0 atom stereocenters. The molecule has 1 aromatic heterocycles. The summed E-state index contributed by atoms with van der Waals surface area (Å²) in [6, 6.07) is 28.9. The fourth-order valence-corrected chi connectivity index (χ4v) is 4.81. The number of halogens is 1. The third kappa shape index (κ3) is 7.28. The Morgan fingerprint density at radius 1 is 0.805 bits per heavy atom. The minimum Gasteiger partial charge on any atom is -0.361 e. The minimum absolute atomic E-state index is 0.0698. The van der Waals surface area contributed by atoms with Crippen LogP contribution < -0.4 is 16.0 Å². The second-order valence-electron chi connectivity index (χ2n) is 8.99. The number of aromatic amines is 1. The first kappa shape index (κ1) is 27.4. The molecule has 5 rings (SSSR count). The maximum absolute atomic E-state index is 13.4. The fourth-order valence-electron chi connectivity index (χ4n) is 4.05. The molecule has 0 saturated heterocycles. The van der Waals surface area contributed by atoms with Gasteiger partial charge in [-0.3, -0.25) is 14.4 Å². The zero-order chi connectivity index (χ0) is 28.6. The first-order chi connectivity index (χ1) is 19.9. The van der Waals surface area contributed by atoms with E-state index in [9.17, 15) is 18.8 Å². The molecule has 41 heavy (non-hydrogen) atoms. The van der Waals surface area contributed by atoms with Crippen LogP contribution in [-0.4, -0.2) is 28.5 Å². The SMILES string of the molecule is O=C(CSc1cccc(NC(=O)/C(=C/c2c[nH]c3ccccc23)NC(=O)c2ccccc2)c1)Nc1ccc(F)cc1. The monoisotopic (exact) mass is 564 g/mol. The Bertz CT molecular complexity index is 1730. The lowest BCUT2D eigenvalue weighted by Crippen LogP contribution is -2.30. The van der Waals surface area contributed by atoms with Crippen molar-refractivity contribution in [3.63, 3.8) is 0 Å². The molecule has 3 amide bonds. The Hall–Kier alpha value is -5.15. The molecule has 0 aliphatic rings. The second kappa shape index (κ2) is 12.8. The molecule has 5 aromatic rings. The molecule has 0 spiro atoms. The summed E-state index contributed by atoms with van der Waals surface area (Å²) in [6.07, 6.45) is 3.41. The molecule has 0 aliphatic heterocycles. The van der Waals surface area contributed by atoms with Crippen molar-refractivity contribution >= 4 is 57.8 Å². The predicted molar refractivity (Wildman–Crippen MR) is 161 cm³/mol. The van der Waals surface area contributed by atoms with E-state index >= 15 is 0 Å². The van der Waals surface area contributed by atoms with E-state index in [1.807, 2.05) is 36.4 Å². The van der Waals surface area contributed by atoms with Crippen molar-refractivity contribution in [2.45, 2.75) is 4.90 Å². The fraction of sp³-hybridized carbons (Fsp3) is 0.0312. The number of aromatic nitrogens is 1. The van der Waals surface area contributed by atoms with Crippen molar-refractivity contribution in [2.75, 3.05) is 16.4 Å². The average Bonchev–Trinajstić information content (AvgIpc) is 3.40. The lowest BCUT2D eigenvalue weighted by atomic mass is 10.1. The number of anilines is 2. The average molecular weight is 565 g/mol. The third-order valence-electron chi connectivity index (χ3n) is 6.04. The number of H-pyrrole nitrogens is 1. The topological polar surface area (TPSA) is 103 Å². The Morgan fingerprint density at radius 2 is 1.56 bits per heavy atom. The first-order valence-corrected chi connectivity index (χ1v) is 13.7. The summed E-state index contributed by atoms with van der Waals surface area (Å²) in [5, 5.41) is 9.23. The zero-order valence-electron chi connectivity index (χ0n) is 21.7. The van der Waals surface area contributed by atoms with Crippen molar-refractivity contribution in [3.05, 3.63) is 132 Å². The minimum atomic E-state index is -0.504. The molecule has 0 fully saturated rings. The normalized spacial score (nSPS) is 11.2. The van der Waals surface area contributed by atoms with E-state index in [0.29, 0.717) is 16.9 Å². The third-order valence-corrected chi connectivity index (χ3v) is 7.03. The summed E-state index contributed by atoms with van der Waals surface area (Å²) in [4.78, 5) is 42.7. The summed E-state index contributed by atoms with van der Waals surface area (Å²) >= 11 is 1.29. The smallest absolute Gasteiger partial charge is 0.272 e. The van der Waals surface area contributed by atoms with Gasteiger partial charge in [0.05, 0.1) is 5.75 Å². The van der Waals surface area contributed by atoms with Crippen molar-refractivity contribution in [3.8, 4) is 0 Å². The van der Waals surface area contributed by atoms with Gasteiger partial charge in [0.1, 0.15) is 11.5 Å². The molecule has 0 radical (unpaired) electrons. The van der Waals surface area contributed by atoms with Crippen LogP contribution in [0.2, 0.25) is 0 Å². The van der Waals surface area contributed by atoms with E-state index < -0.39 is 11.8 Å². The van der Waals surface area contributed by atoms with Gasteiger partial charge in [0.2, 0.25) is 5.91 Å². The van der Waals surface area contributed by atoms with Crippen LogP contribution in [0.25, 0.3) is 17.0 Å². The Labute approximate surface area is 239 Å². The summed E-state index contributed by atoms with van der Waals surface area (Å²) in [5.74, 6) is -1.42. The number of rotatable bonds is 9. The van der Waals surface area contributed by atoms with Gasteiger partial charge in [0.15, 0.2) is 0 Å². The highest BCUT2D eigenvalue weighted by atomic mass is 32.2. The molecule has 0 saturated carbocycles. The number of benzene rings is 4. The van der Waals surface area contributed by atoms with Crippen molar-refractivity contribution in [1.82, 2.24) is 10.3 Å². The molecule has 4 N–H and O–H groups in total. The Morgan fingerprint density at radius 3 is 2.37 bits per heavy atom. The number of thioether (sulfide) groups is 1. The molecular weight excluding hydrogens is 539 g/mol. The van der Waals surface area contributed by atoms with Gasteiger partial charge < -0.3 is 20.9 Å². The van der Waals surface area contributed by atoms with E-state index in [2.05, 4.69) is 20.9 Å². The highest BCUT2D eigenvalue weighted by molar-refractivity contribution is 8.00. The molecule has 0 unspecified atom stereocenters. The van der Waals surface area contributed by atoms with Crippen LogP contribution in [0.15, 0.2) is 120 Å². The van der Waals surface area contributed by atoms with E-state index in [1.54, 1.807) is 54.7 Å². The van der Waals surface area contributed by atoms with Crippen LogP contribution in [0, 0.1) is 5.82 Å². The number of fused-ring (bicyclic) bond motifs is 1. The summed E-state index contributed by atoms with van der Waals surface area (Å²) < 4.78 is 13.1. The second-order valence-corrected chi connectivity index (χ2v) is 10.0. The first-order valence-electron chi connectivity index (χ1n) is 12.7. The van der Waals surface area contributed by atoms with Crippen molar-refractivity contribution in [2.24, 2.45) is 0 Å². The number of hydrogen-bond acceptors (Lipinski definition) is 4. The molecular formula is C32H25FN4O3S.